The maximum absolute atomic E-state index is 12.5. The second-order valence-corrected chi connectivity index (χ2v) is 7.06. The summed E-state index contributed by atoms with van der Waals surface area (Å²) in [7, 11) is 2.81. The number of anilines is 1. The van der Waals surface area contributed by atoms with Crippen molar-refractivity contribution in [1.82, 2.24) is 18.7 Å². The van der Waals surface area contributed by atoms with E-state index < -0.39 is 35.8 Å². The number of aromatic nitrogens is 4. The predicted octanol–water partition coefficient (Wildman–Crippen LogP) is 0.996. The lowest BCUT2D eigenvalue weighted by Crippen LogP contribution is -2.37. The van der Waals surface area contributed by atoms with Crippen LogP contribution in [0.3, 0.4) is 0 Å². The van der Waals surface area contributed by atoms with E-state index in [0.29, 0.717) is 0 Å². The third-order valence-corrected chi connectivity index (χ3v) is 4.81. The first-order valence-corrected chi connectivity index (χ1v) is 9.75. The van der Waals surface area contributed by atoms with Crippen LogP contribution in [0.2, 0.25) is 0 Å². The number of ether oxygens (including phenoxy) is 2. The van der Waals surface area contributed by atoms with E-state index in [1.165, 1.54) is 60.7 Å². The van der Waals surface area contributed by atoms with Gasteiger partial charge in [-0.2, -0.15) is 8.78 Å². The van der Waals surface area contributed by atoms with Crippen LogP contribution in [-0.2, 0) is 35.0 Å². The van der Waals surface area contributed by atoms with Crippen LogP contribution in [0.1, 0.15) is 13.3 Å². The minimum absolute atomic E-state index is 0.00274. The van der Waals surface area contributed by atoms with Gasteiger partial charge in [-0.15, -0.1) is 0 Å². The largest absolute Gasteiger partial charge is 0.452 e. The molecule has 1 aromatic carbocycles. The van der Waals surface area contributed by atoms with Gasteiger partial charge in [0.2, 0.25) is 0 Å². The zero-order valence-electron chi connectivity index (χ0n) is 17.9. The first-order valence-electron chi connectivity index (χ1n) is 9.75. The molecule has 1 N–H and O–H groups in total. The molecule has 0 radical (unpaired) electrons. The van der Waals surface area contributed by atoms with E-state index in [9.17, 15) is 28.0 Å². The highest BCUT2D eigenvalue weighted by Gasteiger charge is 2.21. The molecule has 0 bridgehead atoms. The third-order valence-electron chi connectivity index (χ3n) is 4.81. The number of esters is 1. The van der Waals surface area contributed by atoms with Gasteiger partial charge in [0, 0.05) is 20.6 Å². The number of nitrogens with zero attached hydrogens (tertiary/aromatic N) is 4. The number of imidazole rings is 1. The van der Waals surface area contributed by atoms with E-state index in [1.807, 2.05) is 0 Å². The number of halogens is 2. The molecule has 176 valence electrons. The zero-order chi connectivity index (χ0) is 24.3. The van der Waals surface area contributed by atoms with Gasteiger partial charge in [0.1, 0.15) is 5.75 Å². The van der Waals surface area contributed by atoms with Crippen LogP contribution >= 0.6 is 0 Å². The van der Waals surface area contributed by atoms with Crippen molar-refractivity contribution in [2.24, 2.45) is 14.1 Å². The summed E-state index contributed by atoms with van der Waals surface area (Å²) < 4.78 is 38.0. The minimum Gasteiger partial charge on any atom is -0.452 e. The molecule has 1 amide bonds. The Labute approximate surface area is 185 Å². The lowest BCUT2D eigenvalue weighted by atomic mass is 10.2. The van der Waals surface area contributed by atoms with Gasteiger partial charge in [-0.3, -0.25) is 23.5 Å². The first-order chi connectivity index (χ1) is 15.6. The van der Waals surface area contributed by atoms with E-state index in [4.69, 9.17) is 4.74 Å². The molecule has 0 spiro atoms. The molecule has 13 heteroatoms. The molecule has 1 atom stereocenters. The van der Waals surface area contributed by atoms with Gasteiger partial charge in [0.15, 0.2) is 17.3 Å². The fourth-order valence-electron chi connectivity index (χ4n) is 3.09. The molecule has 1 unspecified atom stereocenters. The number of hydrogen-bond acceptors (Lipinski definition) is 7. The Morgan fingerprint density at radius 3 is 2.55 bits per heavy atom. The summed E-state index contributed by atoms with van der Waals surface area (Å²) in [6, 6.07) is 5.60. The Morgan fingerprint density at radius 2 is 1.85 bits per heavy atom. The van der Waals surface area contributed by atoms with Crippen molar-refractivity contribution in [2.45, 2.75) is 32.6 Å². The number of amides is 1. The van der Waals surface area contributed by atoms with Gasteiger partial charge in [-0.05, 0) is 19.1 Å². The molecule has 2 heterocycles. The number of benzene rings is 1. The first kappa shape index (κ1) is 23.6. The predicted molar refractivity (Wildman–Crippen MR) is 112 cm³/mol. The molecule has 0 fully saturated rings. The molecule has 11 nitrogen and oxygen atoms in total. The number of rotatable bonds is 8. The van der Waals surface area contributed by atoms with Crippen molar-refractivity contribution < 1.29 is 27.8 Å². The Hall–Kier alpha value is -4.03. The van der Waals surface area contributed by atoms with Crippen molar-refractivity contribution in [1.29, 1.82) is 0 Å². The molecule has 0 aliphatic rings. The fraction of sp³-hybridized carbons (Fsp3) is 0.350. The van der Waals surface area contributed by atoms with Crippen LogP contribution < -0.4 is 21.3 Å². The second-order valence-electron chi connectivity index (χ2n) is 7.06. The van der Waals surface area contributed by atoms with Crippen LogP contribution in [0.25, 0.3) is 11.2 Å². The average molecular weight is 465 g/mol. The maximum Gasteiger partial charge on any atom is 0.387 e. The van der Waals surface area contributed by atoms with Gasteiger partial charge in [0.25, 0.3) is 11.5 Å². The summed E-state index contributed by atoms with van der Waals surface area (Å²) in [5.41, 5.74) is -0.770. The number of carbonyl (C=O) groups excluding carboxylic acids is 2. The van der Waals surface area contributed by atoms with Crippen LogP contribution in [0.15, 0.2) is 40.2 Å². The van der Waals surface area contributed by atoms with Gasteiger partial charge < -0.3 is 19.4 Å². The molecule has 3 rings (SSSR count). The monoisotopic (exact) mass is 465 g/mol. The summed E-state index contributed by atoms with van der Waals surface area (Å²) in [5.74, 6) is -1.72. The van der Waals surface area contributed by atoms with Crippen LogP contribution in [-0.4, -0.2) is 43.3 Å². The SMILES string of the molecule is CC(OC(=O)CCn1cnc2c1c(=O)n(C)c(=O)n2C)C(=O)Nc1ccccc1OC(F)F. The lowest BCUT2D eigenvalue weighted by Gasteiger charge is -2.16. The summed E-state index contributed by atoms with van der Waals surface area (Å²) in [5, 5.41) is 2.37. The van der Waals surface area contributed by atoms with Crippen molar-refractivity contribution >= 4 is 28.7 Å². The van der Waals surface area contributed by atoms with Crippen LogP contribution in [0, 0.1) is 0 Å². The molecule has 0 aliphatic carbocycles. The molecule has 0 aliphatic heterocycles. The topological polar surface area (TPSA) is 126 Å². The number of para-hydroxylation sites is 2. The highest BCUT2D eigenvalue weighted by atomic mass is 19.3. The summed E-state index contributed by atoms with van der Waals surface area (Å²) in [4.78, 5) is 53.0. The molecular formula is C20H21F2N5O6. The number of fused-ring (bicyclic) bond motifs is 1. The maximum atomic E-state index is 12.5. The zero-order valence-corrected chi connectivity index (χ0v) is 17.9. The fourth-order valence-corrected chi connectivity index (χ4v) is 3.09. The van der Waals surface area contributed by atoms with Gasteiger partial charge in [0.05, 0.1) is 18.4 Å². The standard InChI is InChI=1S/C20H21F2N5O6/c1-11(17(29)24-12-6-4-5-7-13(12)33-19(21)22)32-14(28)8-9-27-10-23-16-15(27)18(30)26(3)20(31)25(16)2/h4-7,10-11,19H,8-9H2,1-3H3,(H,24,29). The smallest absolute Gasteiger partial charge is 0.387 e. The molecule has 33 heavy (non-hydrogen) atoms. The van der Waals surface area contributed by atoms with Gasteiger partial charge >= 0.3 is 18.3 Å². The third kappa shape index (κ3) is 5.07. The van der Waals surface area contributed by atoms with E-state index in [2.05, 4.69) is 15.0 Å². The van der Waals surface area contributed by atoms with E-state index in [-0.39, 0.29) is 35.6 Å². The highest BCUT2D eigenvalue weighted by molar-refractivity contribution is 5.96. The number of hydrogen-bond donors (Lipinski definition) is 1. The Bertz CT molecular complexity index is 1310. The number of nitrogens with one attached hydrogen (secondary N) is 1. The lowest BCUT2D eigenvalue weighted by molar-refractivity contribution is -0.153. The molecule has 0 saturated carbocycles. The van der Waals surface area contributed by atoms with Crippen molar-refractivity contribution in [2.75, 3.05) is 5.32 Å². The van der Waals surface area contributed by atoms with Crippen molar-refractivity contribution in [3.05, 3.63) is 51.4 Å². The van der Waals surface area contributed by atoms with Gasteiger partial charge in [-0.1, -0.05) is 12.1 Å². The quantitative estimate of drug-likeness (QED) is 0.492. The minimum atomic E-state index is -3.07. The summed E-state index contributed by atoms with van der Waals surface area (Å²) in [6.07, 6.45) is -0.0972. The molecule has 3 aromatic rings. The van der Waals surface area contributed by atoms with Gasteiger partial charge in [-0.25, -0.2) is 9.78 Å². The Kier molecular flexibility index (Phi) is 6.89. The Balaban J connectivity index is 1.63. The summed E-state index contributed by atoms with van der Waals surface area (Å²) >= 11 is 0. The van der Waals surface area contributed by atoms with Crippen molar-refractivity contribution in [3.63, 3.8) is 0 Å². The van der Waals surface area contributed by atoms with E-state index >= 15 is 0 Å². The van der Waals surface area contributed by atoms with Crippen LogP contribution in [0.4, 0.5) is 14.5 Å². The number of aryl methyl sites for hydroxylation is 2. The average Bonchev–Trinajstić information content (AvgIpc) is 3.20. The highest BCUT2D eigenvalue weighted by Crippen LogP contribution is 2.25. The van der Waals surface area contributed by atoms with Crippen LogP contribution in [0.5, 0.6) is 5.75 Å². The number of alkyl halides is 2. The number of carbonyl (C=O) groups is 2. The normalized spacial score (nSPS) is 12.1. The summed E-state index contributed by atoms with van der Waals surface area (Å²) in [6.45, 7) is -1.73. The Morgan fingerprint density at radius 1 is 1.15 bits per heavy atom. The molecule has 2 aromatic heterocycles. The van der Waals surface area contributed by atoms with E-state index in [0.717, 1.165) is 4.57 Å². The molecular weight excluding hydrogens is 444 g/mol. The van der Waals surface area contributed by atoms with E-state index in [1.54, 1.807) is 0 Å². The second kappa shape index (κ2) is 9.63. The molecule has 0 saturated heterocycles. The van der Waals surface area contributed by atoms with Crippen molar-refractivity contribution in [3.8, 4) is 5.75 Å².